The Bertz CT molecular complexity index is 653. The molecule has 0 saturated carbocycles. The lowest BCUT2D eigenvalue weighted by Crippen LogP contribution is -2.09. The Kier molecular flexibility index (Phi) is 3.54. The van der Waals surface area contributed by atoms with Crippen LogP contribution in [0, 0.1) is 6.92 Å². The standard InChI is InChI=1S/C12H10ClNO3S/c1-9-2-4-11(5-3-9)18(15,16)17-10-6-7-14-12(13)8-10/h2-8H,1H3. The number of halogens is 1. The Morgan fingerprint density at radius 1 is 1.17 bits per heavy atom. The van der Waals surface area contributed by atoms with Crippen molar-refractivity contribution in [2.24, 2.45) is 0 Å². The molecule has 0 N–H and O–H groups in total. The zero-order valence-corrected chi connectivity index (χ0v) is 11.1. The van der Waals surface area contributed by atoms with Gasteiger partial charge in [0.05, 0.1) is 0 Å². The molecule has 1 aromatic heterocycles. The third-order valence-electron chi connectivity index (χ3n) is 2.21. The number of nitrogens with zero attached hydrogens (tertiary/aromatic N) is 1. The van der Waals surface area contributed by atoms with Gasteiger partial charge < -0.3 is 4.18 Å². The second-order valence-electron chi connectivity index (χ2n) is 3.66. The molecule has 0 aliphatic heterocycles. The number of aromatic nitrogens is 1. The summed E-state index contributed by atoms with van der Waals surface area (Å²) >= 11 is 5.65. The molecule has 6 heteroatoms. The maximum atomic E-state index is 11.9. The highest BCUT2D eigenvalue weighted by atomic mass is 35.5. The molecule has 0 saturated heterocycles. The molecule has 0 bridgehead atoms. The van der Waals surface area contributed by atoms with E-state index in [0.717, 1.165) is 5.56 Å². The highest BCUT2D eigenvalue weighted by molar-refractivity contribution is 7.87. The van der Waals surface area contributed by atoms with Crippen LogP contribution in [-0.2, 0) is 10.1 Å². The predicted molar refractivity (Wildman–Crippen MR) is 68.2 cm³/mol. The van der Waals surface area contributed by atoms with E-state index in [1.165, 1.54) is 30.5 Å². The molecule has 0 spiro atoms. The summed E-state index contributed by atoms with van der Waals surface area (Å²) in [6.45, 7) is 1.87. The Morgan fingerprint density at radius 2 is 1.83 bits per heavy atom. The first-order chi connectivity index (χ1) is 8.47. The summed E-state index contributed by atoms with van der Waals surface area (Å²) in [4.78, 5) is 3.84. The molecule has 0 atom stereocenters. The third kappa shape index (κ3) is 3.00. The van der Waals surface area contributed by atoms with Gasteiger partial charge in [-0.3, -0.25) is 0 Å². The van der Waals surface area contributed by atoms with Crippen LogP contribution in [-0.4, -0.2) is 13.4 Å². The maximum absolute atomic E-state index is 11.9. The van der Waals surface area contributed by atoms with Crippen molar-refractivity contribution < 1.29 is 12.6 Å². The first-order valence-corrected chi connectivity index (χ1v) is 6.89. The van der Waals surface area contributed by atoms with Crippen molar-refractivity contribution in [1.29, 1.82) is 0 Å². The lowest BCUT2D eigenvalue weighted by molar-refractivity contribution is 0.486. The summed E-state index contributed by atoms with van der Waals surface area (Å²) in [6, 6.07) is 9.16. The summed E-state index contributed by atoms with van der Waals surface area (Å²) in [5.41, 5.74) is 0.973. The lowest BCUT2D eigenvalue weighted by atomic mass is 10.2. The van der Waals surface area contributed by atoms with Crippen LogP contribution in [0.2, 0.25) is 5.15 Å². The number of hydrogen-bond donors (Lipinski definition) is 0. The van der Waals surface area contributed by atoms with E-state index in [-0.39, 0.29) is 15.8 Å². The van der Waals surface area contributed by atoms with Crippen molar-refractivity contribution in [3.05, 3.63) is 53.3 Å². The van der Waals surface area contributed by atoms with Gasteiger partial charge in [-0.1, -0.05) is 29.3 Å². The summed E-state index contributed by atoms with van der Waals surface area (Å²) in [5.74, 6) is 0.135. The number of aryl methyl sites for hydroxylation is 1. The van der Waals surface area contributed by atoms with Gasteiger partial charge in [-0.05, 0) is 19.1 Å². The van der Waals surface area contributed by atoms with Crippen molar-refractivity contribution in [3.63, 3.8) is 0 Å². The smallest absolute Gasteiger partial charge is 0.339 e. The fraction of sp³-hybridized carbons (Fsp3) is 0.0833. The number of pyridine rings is 1. The van der Waals surface area contributed by atoms with Crippen LogP contribution in [0.1, 0.15) is 5.56 Å². The fourth-order valence-corrected chi connectivity index (χ4v) is 2.40. The number of hydrogen-bond acceptors (Lipinski definition) is 4. The van der Waals surface area contributed by atoms with Crippen molar-refractivity contribution in [3.8, 4) is 5.75 Å². The minimum Gasteiger partial charge on any atom is -0.379 e. The van der Waals surface area contributed by atoms with Gasteiger partial charge in [0.1, 0.15) is 15.8 Å². The minimum atomic E-state index is -3.83. The largest absolute Gasteiger partial charge is 0.379 e. The molecule has 18 heavy (non-hydrogen) atoms. The minimum absolute atomic E-state index is 0.0982. The van der Waals surface area contributed by atoms with E-state index in [4.69, 9.17) is 15.8 Å². The quantitative estimate of drug-likeness (QED) is 0.642. The molecule has 0 radical (unpaired) electrons. The molecule has 0 aliphatic carbocycles. The van der Waals surface area contributed by atoms with Gasteiger partial charge in [0, 0.05) is 18.3 Å². The number of rotatable bonds is 3. The fourth-order valence-electron chi connectivity index (χ4n) is 1.32. The summed E-state index contributed by atoms with van der Waals surface area (Å²) in [7, 11) is -3.83. The van der Waals surface area contributed by atoms with Gasteiger partial charge >= 0.3 is 10.1 Å². The molecule has 4 nitrogen and oxygen atoms in total. The van der Waals surface area contributed by atoms with Gasteiger partial charge in [0.25, 0.3) is 0 Å². The van der Waals surface area contributed by atoms with Crippen LogP contribution in [0.4, 0.5) is 0 Å². The van der Waals surface area contributed by atoms with E-state index in [9.17, 15) is 8.42 Å². The third-order valence-corrected chi connectivity index (χ3v) is 3.68. The molecule has 0 aliphatic rings. The average Bonchev–Trinajstić information content (AvgIpc) is 2.29. The second kappa shape index (κ2) is 4.96. The second-order valence-corrected chi connectivity index (χ2v) is 5.60. The molecule has 0 fully saturated rings. The molecule has 1 heterocycles. The van der Waals surface area contributed by atoms with E-state index in [1.54, 1.807) is 12.1 Å². The normalized spacial score (nSPS) is 11.2. The van der Waals surface area contributed by atoms with E-state index in [1.807, 2.05) is 6.92 Å². The average molecular weight is 284 g/mol. The summed E-state index contributed by atoms with van der Waals surface area (Å²) in [5, 5.41) is 0.173. The first kappa shape index (κ1) is 12.9. The van der Waals surface area contributed by atoms with E-state index in [0.29, 0.717) is 0 Å². The molecule has 0 unspecified atom stereocenters. The van der Waals surface area contributed by atoms with Crippen LogP contribution >= 0.6 is 11.6 Å². The molecule has 1 aromatic carbocycles. The van der Waals surface area contributed by atoms with Gasteiger partial charge in [-0.15, -0.1) is 0 Å². The van der Waals surface area contributed by atoms with Crippen molar-refractivity contribution in [1.82, 2.24) is 4.98 Å². The Morgan fingerprint density at radius 3 is 2.44 bits per heavy atom. The van der Waals surface area contributed by atoms with Crippen molar-refractivity contribution in [2.45, 2.75) is 11.8 Å². The van der Waals surface area contributed by atoms with Gasteiger partial charge in [0.15, 0.2) is 0 Å². The number of benzene rings is 1. The van der Waals surface area contributed by atoms with Gasteiger partial charge in [-0.2, -0.15) is 8.42 Å². The Balaban J connectivity index is 2.30. The summed E-state index contributed by atoms with van der Waals surface area (Å²) in [6.07, 6.45) is 1.38. The molecule has 0 amide bonds. The van der Waals surface area contributed by atoms with E-state index < -0.39 is 10.1 Å². The van der Waals surface area contributed by atoms with Crippen LogP contribution in [0.15, 0.2) is 47.5 Å². The zero-order valence-electron chi connectivity index (χ0n) is 9.50. The maximum Gasteiger partial charge on any atom is 0.339 e. The van der Waals surface area contributed by atoms with Gasteiger partial charge in [-0.25, -0.2) is 4.98 Å². The highest BCUT2D eigenvalue weighted by Gasteiger charge is 2.16. The highest BCUT2D eigenvalue weighted by Crippen LogP contribution is 2.20. The zero-order chi connectivity index (χ0) is 13.2. The predicted octanol–water partition coefficient (Wildman–Crippen LogP) is 2.81. The first-order valence-electron chi connectivity index (χ1n) is 5.10. The molecular formula is C12H10ClNO3S. The van der Waals surface area contributed by atoms with Crippen LogP contribution in [0.3, 0.4) is 0 Å². The van der Waals surface area contributed by atoms with E-state index >= 15 is 0 Å². The lowest BCUT2D eigenvalue weighted by Gasteiger charge is -2.07. The van der Waals surface area contributed by atoms with Crippen LogP contribution in [0.5, 0.6) is 5.75 Å². The van der Waals surface area contributed by atoms with Crippen molar-refractivity contribution in [2.75, 3.05) is 0 Å². The molecule has 2 aromatic rings. The Hall–Kier alpha value is -1.59. The molecular weight excluding hydrogens is 274 g/mol. The van der Waals surface area contributed by atoms with Crippen LogP contribution < -0.4 is 4.18 Å². The topological polar surface area (TPSA) is 56.3 Å². The van der Waals surface area contributed by atoms with Crippen LogP contribution in [0.25, 0.3) is 0 Å². The molecule has 2 rings (SSSR count). The van der Waals surface area contributed by atoms with Crippen molar-refractivity contribution >= 4 is 21.7 Å². The van der Waals surface area contributed by atoms with E-state index in [2.05, 4.69) is 4.98 Å². The Labute approximate surface area is 110 Å². The van der Waals surface area contributed by atoms with Gasteiger partial charge in [0.2, 0.25) is 0 Å². The molecule has 94 valence electrons. The monoisotopic (exact) mass is 283 g/mol. The summed E-state index contributed by atoms with van der Waals surface area (Å²) < 4.78 is 28.8. The SMILES string of the molecule is Cc1ccc(S(=O)(=O)Oc2ccnc(Cl)c2)cc1.